The van der Waals surface area contributed by atoms with Gasteiger partial charge in [0.25, 0.3) is 5.91 Å². The van der Waals surface area contributed by atoms with Crippen LogP contribution in [0.3, 0.4) is 0 Å². The molecule has 0 saturated carbocycles. The second kappa shape index (κ2) is 8.56. The van der Waals surface area contributed by atoms with Gasteiger partial charge in [0.05, 0.1) is 5.92 Å². The van der Waals surface area contributed by atoms with Gasteiger partial charge in [0, 0.05) is 25.7 Å². The van der Waals surface area contributed by atoms with E-state index in [4.69, 9.17) is 0 Å². The molecular weight excluding hydrogens is 403 g/mol. The molecule has 1 aromatic carbocycles. The molecule has 2 N–H and O–H groups in total. The summed E-state index contributed by atoms with van der Waals surface area (Å²) in [5, 5.41) is 3.26. The lowest BCUT2D eigenvalue weighted by Crippen LogP contribution is -2.46. The van der Waals surface area contributed by atoms with Crippen molar-refractivity contribution in [3.63, 3.8) is 0 Å². The Balaban J connectivity index is 1.46. The van der Waals surface area contributed by atoms with E-state index in [2.05, 4.69) is 16.0 Å². The third-order valence-corrected chi connectivity index (χ3v) is 4.64. The number of benzene rings is 1. The van der Waals surface area contributed by atoms with Crippen molar-refractivity contribution in [1.82, 2.24) is 25.5 Å². The molecule has 30 heavy (non-hydrogen) atoms. The highest BCUT2D eigenvalue weighted by Gasteiger charge is 2.35. The number of likely N-dealkylation sites (tertiary alicyclic amines) is 1. The summed E-state index contributed by atoms with van der Waals surface area (Å²) < 4.78 is 38.4. The lowest BCUT2D eigenvalue weighted by atomic mass is 10.1. The zero-order valence-corrected chi connectivity index (χ0v) is 16.1. The van der Waals surface area contributed by atoms with Crippen molar-refractivity contribution in [1.29, 1.82) is 0 Å². The van der Waals surface area contributed by atoms with Crippen molar-refractivity contribution in [2.24, 2.45) is 5.92 Å². The molecule has 0 aliphatic carbocycles. The van der Waals surface area contributed by atoms with Crippen molar-refractivity contribution in [2.45, 2.75) is 32.6 Å². The van der Waals surface area contributed by atoms with E-state index < -0.39 is 36.1 Å². The van der Waals surface area contributed by atoms with Crippen LogP contribution in [-0.2, 0) is 33.6 Å². The molecule has 0 bridgehead atoms. The first kappa shape index (κ1) is 21.3. The smallest absolute Gasteiger partial charge is 0.338 e. The molecule has 0 spiro atoms. The van der Waals surface area contributed by atoms with Crippen LogP contribution in [0.1, 0.15) is 23.2 Å². The number of rotatable bonds is 5. The Morgan fingerprint density at radius 3 is 2.50 bits per heavy atom. The summed E-state index contributed by atoms with van der Waals surface area (Å²) in [6.45, 7) is 2.05. The number of carbonyl (C=O) groups is 3. The number of carbonyl (C=O) groups excluding carboxylic acids is 3. The van der Waals surface area contributed by atoms with Crippen molar-refractivity contribution in [2.75, 3.05) is 6.54 Å². The number of hydrogen-bond acceptors (Lipinski definition) is 4. The Kier molecular flexibility index (Phi) is 6.09. The predicted molar refractivity (Wildman–Crippen MR) is 98.2 cm³/mol. The molecule has 2 heterocycles. The number of hydrogen-bond donors (Lipinski definition) is 2. The zero-order chi connectivity index (χ0) is 21.9. The Labute approximate surface area is 170 Å². The van der Waals surface area contributed by atoms with E-state index in [0.717, 1.165) is 28.1 Å². The molecule has 3 amide bonds. The zero-order valence-electron chi connectivity index (χ0n) is 16.1. The van der Waals surface area contributed by atoms with Gasteiger partial charge in [-0.3, -0.25) is 29.9 Å². The van der Waals surface area contributed by atoms with Crippen molar-refractivity contribution in [3.8, 4) is 0 Å². The van der Waals surface area contributed by atoms with E-state index in [1.807, 2.05) is 31.2 Å². The molecular formula is C19H20F3N5O3. The first-order valence-corrected chi connectivity index (χ1v) is 9.14. The van der Waals surface area contributed by atoms with E-state index in [0.29, 0.717) is 6.54 Å². The number of aromatic nitrogens is 2. The average Bonchev–Trinajstić information content (AvgIpc) is 3.29. The Hall–Kier alpha value is -3.37. The molecule has 2 aromatic rings. The van der Waals surface area contributed by atoms with Gasteiger partial charge in [-0.2, -0.15) is 18.3 Å². The topological polar surface area (TPSA) is 96.3 Å². The first-order valence-electron chi connectivity index (χ1n) is 9.14. The largest absolute Gasteiger partial charge is 0.435 e. The van der Waals surface area contributed by atoms with Gasteiger partial charge in [-0.15, -0.1) is 0 Å². The summed E-state index contributed by atoms with van der Waals surface area (Å²) in [5.41, 5.74) is 5.28. The van der Waals surface area contributed by atoms with Crippen LogP contribution in [0, 0.1) is 12.8 Å². The van der Waals surface area contributed by atoms with Gasteiger partial charge < -0.3 is 4.90 Å². The van der Waals surface area contributed by atoms with Gasteiger partial charge in [0.1, 0.15) is 6.54 Å². The molecule has 0 unspecified atom stereocenters. The molecule has 1 aliphatic heterocycles. The van der Waals surface area contributed by atoms with Crippen molar-refractivity contribution >= 4 is 17.7 Å². The molecule has 160 valence electrons. The van der Waals surface area contributed by atoms with E-state index in [1.165, 1.54) is 0 Å². The van der Waals surface area contributed by atoms with Gasteiger partial charge >= 0.3 is 6.18 Å². The van der Waals surface area contributed by atoms with Gasteiger partial charge in [-0.1, -0.05) is 29.8 Å². The van der Waals surface area contributed by atoms with Crippen LogP contribution in [0.25, 0.3) is 0 Å². The minimum atomic E-state index is -4.60. The highest BCUT2D eigenvalue weighted by Crippen LogP contribution is 2.27. The van der Waals surface area contributed by atoms with E-state index in [-0.39, 0.29) is 18.9 Å². The Morgan fingerprint density at radius 2 is 1.87 bits per heavy atom. The van der Waals surface area contributed by atoms with Crippen LogP contribution < -0.4 is 10.9 Å². The van der Waals surface area contributed by atoms with Gasteiger partial charge in [-0.05, 0) is 18.6 Å². The SMILES string of the molecule is Cc1ccc(CN2C[C@H](C(=O)NNC(=O)Cn3ccc(C(F)(F)F)n3)CC2=O)cc1. The first-order chi connectivity index (χ1) is 14.1. The molecule has 0 radical (unpaired) electrons. The molecule has 3 rings (SSSR count). The van der Waals surface area contributed by atoms with Crippen molar-refractivity contribution in [3.05, 3.63) is 53.3 Å². The molecule has 8 nitrogen and oxygen atoms in total. The quantitative estimate of drug-likeness (QED) is 0.711. The van der Waals surface area contributed by atoms with Crippen LogP contribution in [-0.4, -0.2) is 38.9 Å². The molecule has 1 aromatic heterocycles. The number of nitrogens with one attached hydrogen (secondary N) is 2. The normalized spacial score (nSPS) is 16.6. The second-order valence-electron chi connectivity index (χ2n) is 7.09. The van der Waals surface area contributed by atoms with Crippen LogP contribution in [0.4, 0.5) is 13.2 Å². The molecule has 1 fully saturated rings. The summed E-state index contributed by atoms with van der Waals surface area (Å²) >= 11 is 0. The Bertz CT molecular complexity index is 940. The summed E-state index contributed by atoms with van der Waals surface area (Å²) in [5.74, 6) is -2.09. The number of halogens is 3. The van der Waals surface area contributed by atoms with Crippen LogP contribution in [0.2, 0.25) is 0 Å². The highest BCUT2D eigenvalue weighted by atomic mass is 19.4. The van der Waals surface area contributed by atoms with Crippen LogP contribution in [0.5, 0.6) is 0 Å². The molecule has 1 atom stereocenters. The fourth-order valence-electron chi connectivity index (χ4n) is 3.04. The number of alkyl halides is 3. The fourth-order valence-corrected chi connectivity index (χ4v) is 3.04. The van der Waals surface area contributed by atoms with Crippen molar-refractivity contribution < 1.29 is 27.6 Å². The minimum absolute atomic E-state index is 0.0155. The molecule has 1 saturated heterocycles. The Morgan fingerprint density at radius 1 is 1.17 bits per heavy atom. The maximum atomic E-state index is 12.5. The predicted octanol–water partition coefficient (Wildman–Crippen LogP) is 1.41. The monoisotopic (exact) mass is 423 g/mol. The van der Waals surface area contributed by atoms with Gasteiger partial charge in [0.15, 0.2) is 5.69 Å². The van der Waals surface area contributed by atoms with Crippen LogP contribution in [0.15, 0.2) is 36.5 Å². The number of hydrazine groups is 1. The molecule has 1 aliphatic rings. The third-order valence-electron chi connectivity index (χ3n) is 4.64. The lowest BCUT2D eigenvalue weighted by molar-refractivity contribution is -0.141. The third kappa shape index (κ3) is 5.37. The maximum absolute atomic E-state index is 12.5. The fraction of sp³-hybridized carbons (Fsp3) is 0.368. The number of nitrogens with zero attached hydrogens (tertiary/aromatic N) is 3. The summed E-state index contributed by atoms with van der Waals surface area (Å²) in [6, 6.07) is 8.45. The van der Waals surface area contributed by atoms with Crippen LogP contribution >= 0.6 is 0 Å². The van der Waals surface area contributed by atoms with Gasteiger partial charge in [0.2, 0.25) is 11.8 Å². The van der Waals surface area contributed by atoms with E-state index >= 15 is 0 Å². The lowest BCUT2D eigenvalue weighted by Gasteiger charge is -2.17. The summed E-state index contributed by atoms with van der Waals surface area (Å²) in [4.78, 5) is 37.8. The average molecular weight is 423 g/mol. The maximum Gasteiger partial charge on any atom is 0.435 e. The minimum Gasteiger partial charge on any atom is -0.338 e. The summed E-state index contributed by atoms with van der Waals surface area (Å²) in [7, 11) is 0. The highest BCUT2D eigenvalue weighted by molar-refractivity contribution is 5.90. The second-order valence-corrected chi connectivity index (χ2v) is 7.09. The molecule has 11 heteroatoms. The summed E-state index contributed by atoms with van der Waals surface area (Å²) in [6.07, 6.45) is -3.57. The van der Waals surface area contributed by atoms with E-state index in [1.54, 1.807) is 4.90 Å². The number of amides is 3. The standard InChI is InChI=1S/C19H20F3N5O3/c1-12-2-4-13(5-3-12)9-26-10-14(8-17(26)29)18(30)24-23-16(28)11-27-7-6-15(25-27)19(20,21)22/h2-7,14H,8-11H2,1H3,(H,23,28)(H,24,30)/t14-/m1/s1. The van der Waals surface area contributed by atoms with E-state index in [9.17, 15) is 27.6 Å². The van der Waals surface area contributed by atoms with Gasteiger partial charge in [-0.25, -0.2) is 0 Å². The number of aryl methyl sites for hydroxylation is 1.